The topological polar surface area (TPSA) is 49.8 Å². The SMILES string of the molecule is CNCc1c(C)n(-c2cccc(Br)c2)[nH]c1=O. The van der Waals surface area contributed by atoms with Crippen LogP contribution in [0.15, 0.2) is 33.5 Å². The highest BCUT2D eigenvalue weighted by molar-refractivity contribution is 9.10. The summed E-state index contributed by atoms with van der Waals surface area (Å²) in [5, 5.41) is 5.84. The molecule has 0 amide bonds. The fourth-order valence-corrected chi connectivity index (χ4v) is 2.20. The van der Waals surface area contributed by atoms with Crippen molar-refractivity contribution in [1.29, 1.82) is 0 Å². The molecule has 0 aliphatic heterocycles. The maximum Gasteiger partial charge on any atom is 0.269 e. The maximum absolute atomic E-state index is 11.8. The molecule has 0 saturated carbocycles. The zero-order valence-electron chi connectivity index (χ0n) is 9.75. The van der Waals surface area contributed by atoms with Crippen LogP contribution < -0.4 is 10.9 Å². The van der Waals surface area contributed by atoms with E-state index in [4.69, 9.17) is 0 Å². The lowest BCUT2D eigenvalue weighted by Crippen LogP contribution is -2.14. The van der Waals surface area contributed by atoms with Gasteiger partial charge < -0.3 is 5.32 Å². The molecule has 0 bridgehead atoms. The molecule has 4 nitrogen and oxygen atoms in total. The molecule has 0 unspecified atom stereocenters. The molecule has 17 heavy (non-hydrogen) atoms. The van der Waals surface area contributed by atoms with Gasteiger partial charge in [-0.3, -0.25) is 14.6 Å². The molecule has 0 saturated heterocycles. The summed E-state index contributed by atoms with van der Waals surface area (Å²) in [6, 6.07) is 7.81. The van der Waals surface area contributed by atoms with Gasteiger partial charge in [0.05, 0.1) is 11.3 Å². The Bertz CT molecular complexity index is 586. The highest BCUT2D eigenvalue weighted by Crippen LogP contribution is 2.16. The van der Waals surface area contributed by atoms with E-state index in [9.17, 15) is 4.79 Å². The van der Waals surface area contributed by atoms with Gasteiger partial charge in [0, 0.05) is 16.7 Å². The molecule has 0 fully saturated rings. The van der Waals surface area contributed by atoms with Gasteiger partial charge in [-0.2, -0.15) is 0 Å². The van der Waals surface area contributed by atoms with E-state index in [2.05, 4.69) is 26.3 Å². The Hall–Kier alpha value is -1.33. The third-order valence-electron chi connectivity index (χ3n) is 2.68. The summed E-state index contributed by atoms with van der Waals surface area (Å²) in [5.74, 6) is 0. The summed E-state index contributed by atoms with van der Waals surface area (Å²) in [4.78, 5) is 11.8. The van der Waals surface area contributed by atoms with Crippen molar-refractivity contribution in [1.82, 2.24) is 15.1 Å². The van der Waals surface area contributed by atoms with Crippen molar-refractivity contribution in [3.63, 3.8) is 0 Å². The van der Waals surface area contributed by atoms with E-state index in [1.807, 2.05) is 38.2 Å². The number of hydrogen-bond donors (Lipinski definition) is 2. The number of nitrogens with one attached hydrogen (secondary N) is 2. The van der Waals surface area contributed by atoms with Gasteiger partial charge >= 0.3 is 0 Å². The van der Waals surface area contributed by atoms with Crippen LogP contribution in [0.3, 0.4) is 0 Å². The lowest BCUT2D eigenvalue weighted by atomic mass is 10.2. The summed E-state index contributed by atoms with van der Waals surface area (Å²) >= 11 is 3.42. The molecule has 90 valence electrons. The summed E-state index contributed by atoms with van der Waals surface area (Å²) < 4.78 is 2.79. The molecule has 0 aliphatic carbocycles. The average molecular weight is 296 g/mol. The Kier molecular flexibility index (Phi) is 3.49. The van der Waals surface area contributed by atoms with E-state index in [1.165, 1.54) is 0 Å². The molecule has 0 radical (unpaired) electrons. The van der Waals surface area contributed by atoms with Crippen LogP contribution in [0.1, 0.15) is 11.3 Å². The third-order valence-corrected chi connectivity index (χ3v) is 3.17. The van der Waals surface area contributed by atoms with Gasteiger partial charge in [-0.05, 0) is 32.2 Å². The standard InChI is InChI=1S/C12H14BrN3O/c1-8-11(7-14-2)12(17)15-16(8)10-5-3-4-9(13)6-10/h3-6,14H,7H2,1-2H3,(H,15,17). The smallest absolute Gasteiger partial charge is 0.269 e. The number of rotatable bonds is 3. The predicted octanol–water partition coefficient (Wildman–Crippen LogP) is 1.96. The summed E-state index contributed by atoms with van der Waals surface area (Å²) in [6.07, 6.45) is 0. The number of hydrogen-bond acceptors (Lipinski definition) is 2. The van der Waals surface area contributed by atoms with Crippen molar-refractivity contribution < 1.29 is 0 Å². The van der Waals surface area contributed by atoms with Crippen LogP contribution in [0, 0.1) is 6.92 Å². The molecule has 2 aromatic rings. The van der Waals surface area contributed by atoms with E-state index in [0.717, 1.165) is 21.4 Å². The second-order valence-electron chi connectivity index (χ2n) is 3.85. The summed E-state index contributed by atoms with van der Waals surface area (Å²) in [7, 11) is 1.83. The van der Waals surface area contributed by atoms with Crippen molar-refractivity contribution in [3.05, 3.63) is 50.3 Å². The Balaban J connectivity index is 2.54. The maximum atomic E-state index is 11.8. The van der Waals surface area contributed by atoms with Crippen molar-refractivity contribution >= 4 is 15.9 Å². The normalized spacial score (nSPS) is 10.8. The molecule has 1 aromatic heterocycles. The van der Waals surface area contributed by atoms with Gasteiger partial charge in [0.1, 0.15) is 0 Å². The largest absolute Gasteiger partial charge is 0.315 e. The van der Waals surface area contributed by atoms with Gasteiger partial charge in [-0.25, -0.2) is 0 Å². The molecule has 0 atom stereocenters. The number of benzene rings is 1. The molecule has 5 heteroatoms. The van der Waals surface area contributed by atoms with Gasteiger partial charge in [0.15, 0.2) is 0 Å². The van der Waals surface area contributed by atoms with Gasteiger partial charge in [-0.1, -0.05) is 22.0 Å². The molecule has 2 N–H and O–H groups in total. The third kappa shape index (κ3) is 2.35. The first kappa shape index (κ1) is 12.1. The lowest BCUT2D eigenvalue weighted by molar-refractivity contribution is 0.801. The lowest BCUT2D eigenvalue weighted by Gasteiger charge is -2.06. The van der Waals surface area contributed by atoms with Gasteiger partial charge in [-0.15, -0.1) is 0 Å². The van der Waals surface area contributed by atoms with Crippen LogP contribution in [-0.4, -0.2) is 16.8 Å². The summed E-state index contributed by atoms with van der Waals surface area (Å²) in [5.41, 5.74) is 2.60. The van der Waals surface area contributed by atoms with Crippen molar-refractivity contribution in [2.45, 2.75) is 13.5 Å². The first-order valence-electron chi connectivity index (χ1n) is 5.34. The zero-order valence-corrected chi connectivity index (χ0v) is 11.3. The predicted molar refractivity (Wildman–Crippen MR) is 71.6 cm³/mol. The van der Waals surface area contributed by atoms with Gasteiger partial charge in [0.25, 0.3) is 5.56 Å². The zero-order chi connectivity index (χ0) is 12.4. The molecular formula is C12H14BrN3O. The number of H-pyrrole nitrogens is 1. The van der Waals surface area contributed by atoms with Crippen LogP contribution in [-0.2, 0) is 6.54 Å². The van der Waals surface area contributed by atoms with E-state index in [-0.39, 0.29) is 5.56 Å². The van der Waals surface area contributed by atoms with E-state index in [1.54, 1.807) is 4.68 Å². The number of halogens is 1. The van der Waals surface area contributed by atoms with E-state index < -0.39 is 0 Å². The van der Waals surface area contributed by atoms with Crippen LogP contribution in [0.4, 0.5) is 0 Å². The Morgan fingerprint density at radius 3 is 2.88 bits per heavy atom. The highest BCUT2D eigenvalue weighted by Gasteiger charge is 2.11. The number of aromatic nitrogens is 2. The van der Waals surface area contributed by atoms with E-state index in [0.29, 0.717) is 6.54 Å². The average Bonchev–Trinajstić information content (AvgIpc) is 2.57. The molecular weight excluding hydrogens is 282 g/mol. The minimum atomic E-state index is -0.0446. The minimum Gasteiger partial charge on any atom is -0.315 e. The first-order valence-corrected chi connectivity index (χ1v) is 6.14. The van der Waals surface area contributed by atoms with Crippen LogP contribution in [0.2, 0.25) is 0 Å². The monoisotopic (exact) mass is 295 g/mol. The molecule has 1 heterocycles. The van der Waals surface area contributed by atoms with Crippen LogP contribution >= 0.6 is 15.9 Å². The molecule has 0 spiro atoms. The molecule has 0 aliphatic rings. The van der Waals surface area contributed by atoms with Crippen molar-refractivity contribution in [2.75, 3.05) is 7.05 Å². The molecule has 1 aromatic carbocycles. The first-order chi connectivity index (χ1) is 8.13. The van der Waals surface area contributed by atoms with Crippen molar-refractivity contribution in [2.24, 2.45) is 0 Å². The highest BCUT2D eigenvalue weighted by atomic mass is 79.9. The quantitative estimate of drug-likeness (QED) is 0.909. The second kappa shape index (κ2) is 4.89. The summed E-state index contributed by atoms with van der Waals surface area (Å²) in [6.45, 7) is 2.51. The van der Waals surface area contributed by atoms with Gasteiger partial charge in [0.2, 0.25) is 0 Å². The Morgan fingerprint density at radius 1 is 1.47 bits per heavy atom. The van der Waals surface area contributed by atoms with Crippen LogP contribution in [0.5, 0.6) is 0 Å². The number of nitrogens with zero attached hydrogens (tertiary/aromatic N) is 1. The van der Waals surface area contributed by atoms with Crippen molar-refractivity contribution in [3.8, 4) is 5.69 Å². The van der Waals surface area contributed by atoms with Crippen LogP contribution in [0.25, 0.3) is 5.69 Å². The fourth-order valence-electron chi connectivity index (χ4n) is 1.81. The Labute approximate surface area is 108 Å². The van der Waals surface area contributed by atoms with E-state index >= 15 is 0 Å². The second-order valence-corrected chi connectivity index (χ2v) is 4.77. The number of aromatic amines is 1. The Morgan fingerprint density at radius 2 is 2.24 bits per heavy atom. The fraction of sp³-hybridized carbons (Fsp3) is 0.250. The molecule has 2 rings (SSSR count). The minimum absolute atomic E-state index is 0.0446.